The van der Waals surface area contributed by atoms with Crippen molar-refractivity contribution in [2.45, 2.75) is 26.7 Å². The topological polar surface area (TPSA) is 57.6 Å². The highest BCUT2D eigenvalue weighted by molar-refractivity contribution is 6.08. The van der Waals surface area contributed by atoms with E-state index in [4.69, 9.17) is 0 Å². The maximum Gasteiger partial charge on any atom is 0.256 e. The Balaban J connectivity index is 0.00000100. The van der Waals surface area contributed by atoms with Gasteiger partial charge in [-0.1, -0.05) is 13.8 Å². The average Bonchev–Trinajstić information content (AvgIpc) is 2.96. The minimum atomic E-state index is 0.00163. The first kappa shape index (κ1) is 18.7. The fourth-order valence-corrected chi connectivity index (χ4v) is 3.31. The summed E-state index contributed by atoms with van der Waals surface area (Å²) in [5, 5.41) is 3.34. The van der Waals surface area contributed by atoms with Crippen LogP contribution in [0.5, 0.6) is 0 Å². The Morgan fingerprint density at radius 3 is 2.50 bits per heavy atom. The third kappa shape index (κ3) is 4.24. The third-order valence-corrected chi connectivity index (χ3v) is 4.58. The van der Waals surface area contributed by atoms with E-state index in [1.807, 2.05) is 25.8 Å². The number of carbonyl (C=O) groups is 2. The molecule has 0 bridgehead atoms. The summed E-state index contributed by atoms with van der Waals surface area (Å²) >= 11 is 0. The van der Waals surface area contributed by atoms with E-state index < -0.39 is 0 Å². The Morgan fingerprint density at radius 2 is 1.79 bits per heavy atom. The largest absolute Gasteiger partial charge is 0.348 e. The molecule has 6 heteroatoms. The van der Waals surface area contributed by atoms with Gasteiger partial charge in [0, 0.05) is 58.9 Å². The average molecular weight is 334 g/mol. The highest BCUT2D eigenvalue weighted by Crippen LogP contribution is 2.19. The second-order valence-electron chi connectivity index (χ2n) is 6.10. The molecule has 1 N–H and O–H groups in total. The molecule has 3 heterocycles. The van der Waals surface area contributed by atoms with E-state index in [0.717, 1.165) is 45.7 Å². The number of piperazine rings is 1. The van der Waals surface area contributed by atoms with E-state index in [0.29, 0.717) is 24.2 Å². The summed E-state index contributed by atoms with van der Waals surface area (Å²) in [5.41, 5.74) is 1.13. The number of fused-ring (bicyclic) bond motifs is 1. The Bertz CT molecular complexity index is 561. The minimum Gasteiger partial charge on any atom is -0.348 e. The predicted molar refractivity (Wildman–Crippen MR) is 95.5 cm³/mol. The van der Waals surface area contributed by atoms with Gasteiger partial charge in [0.15, 0.2) is 5.78 Å². The van der Waals surface area contributed by atoms with Gasteiger partial charge in [-0.05, 0) is 19.0 Å². The van der Waals surface area contributed by atoms with Crippen molar-refractivity contribution < 1.29 is 9.59 Å². The summed E-state index contributed by atoms with van der Waals surface area (Å²) in [6.45, 7) is 10.5. The molecule has 134 valence electrons. The number of rotatable bonds is 4. The molecule has 1 saturated heterocycles. The van der Waals surface area contributed by atoms with E-state index in [1.165, 1.54) is 0 Å². The zero-order chi connectivity index (χ0) is 17.5. The molecule has 0 aliphatic carbocycles. The first-order valence-corrected chi connectivity index (χ1v) is 9.07. The third-order valence-electron chi connectivity index (χ3n) is 4.58. The van der Waals surface area contributed by atoms with Crippen molar-refractivity contribution in [2.75, 3.05) is 45.8 Å². The molecule has 1 amide bonds. The van der Waals surface area contributed by atoms with Gasteiger partial charge in [-0.3, -0.25) is 9.59 Å². The van der Waals surface area contributed by atoms with Gasteiger partial charge in [-0.15, -0.1) is 0 Å². The smallest absolute Gasteiger partial charge is 0.256 e. The van der Waals surface area contributed by atoms with Crippen molar-refractivity contribution in [3.63, 3.8) is 0 Å². The summed E-state index contributed by atoms with van der Waals surface area (Å²) in [5.74, 6) is 0.0715. The Kier molecular flexibility index (Phi) is 6.99. The lowest BCUT2D eigenvalue weighted by Gasteiger charge is -2.28. The molecule has 0 saturated carbocycles. The zero-order valence-electron chi connectivity index (χ0n) is 15.2. The van der Waals surface area contributed by atoms with Crippen LogP contribution in [0.1, 0.15) is 47.5 Å². The van der Waals surface area contributed by atoms with Gasteiger partial charge in [0.1, 0.15) is 0 Å². The molecule has 2 aliphatic rings. The van der Waals surface area contributed by atoms with Crippen LogP contribution >= 0.6 is 0 Å². The fraction of sp³-hybridized carbons (Fsp3) is 0.667. The lowest BCUT2D eigenvalue weighted by atomic mass is 10.1. The van der Waals surface area contributed by atoms with Crippen molar-refractivity contribution in [2.24, 2.45) is 7.05 Å². The molecule has 6 nitrogen and oxygen atoms in total. The van der Waals surface area contributed by atoms with E-state index in [-0.39, 0.29) is 11.7 Å². The summed E-state index contributed by atoms with van der Waals surface area (Å²) in [7, 11) is 1.82. The fourth-order valence-electron chi connectivity index (χ4n) is 3.31. The predicted octanol–water partition coefficient (Wildman–Crippen LogP) is 1.38. The van der Waals surface area contributed by atoms with Crippen LogP contribution in [0.25, 0.3) is 0 Å². The van der Waals surface area contributed by atoms with Gasteiger partial charge in [0.2, 0.25) is 0 Å². The zero-order valence-corrected chi connectivity index (χ0v) is 15.2. The number of ketones is 1. The summed E-state index contributed by atoms with van der Waals surface area (Å²) < 4.78 is 1.76. The van der Waals surface area contributed by atoms with Gasteiger partial charge >= 0.3 is 0 Å². The van der Waals surface area contributed by atoms with Crippen LogP contribution in [0.4, 0.5) is 0 Å². The van der Waals surface area contributed by atoms with Crippen molar-refractivity contribution in [3.05, 3.63) is 23.5 Å². The van der Waals surface area contributed by atoms with Crippen LogP contribution in [0, 0.1) is 0 Å². The minimum absolute atomic E-state index is 0.00163. The van der Waals surface area contributed by atoms with Crippen LogP contribution in [-0.4, -0.2) is 71.9 Å². The molecular weight excluding hydrogens is 304 g/mol. The van der Waals surface area contributed by atoms with Crippen molar-refractivity contribution >= 4 is 11.7 Å². The van der Waals surface area contributed by atoms with E-state index in [2.05, 4.69) is 10.2 Å². The number of amides is 1. The molecule has 24 heavy (non-hydrogen) atoms. The number of aromatic nitrogens is 1. The monoisotopic (exact) mass is 334 g/mol. The highest BCUT2D eigenvalue weighted by atomic mass is 16.2. The summed E-state index contributed by atoms with van der Waals surface area (Å²) in [4.78, 5) is 29.1. The molecule has 1 aromatic heterocycles. The van der Waals surface area contributed by atoms with Gasteiger partial charge in [0.05, 0.1) is 11.3 Å². The van der Waals surface area contributed by atoms with Gasteiger partial charge in [-0.25, -0.2) is 0 Å². The van der Waals surface area contributed by atoms with Gasteiger partial charge in [0.25, 0.3) is 5.91 Å². The van der Waals surface area contributed by atoms with Gasteiger partial charge < -0.3 is 19.7 Å². The molecule has 0 unspecified atom stereocenters. The molecule has 0 atom stereocenters. The van der Waals surface area contributed by atoms with Crippen molar-refractivity contribution in [1.82, 2.24) is 19.7 Å². The molecule has 3 rings (SSSR count). The van der Waals surface area contributed by atoms with Crippen molar-refractivity contribution in [1.29, 1.82) is 0 Å². The normalized spacial score (nSPS) is 18.7. The highest BCUT2D eigenvalue weighted by Gasteiger charge is 2.28. The SMILES string of the molecule is CC.Cn1ccc2c1C(=O)CCN(CCCN1CCNCC1)C2=O. The molecule has 2 aliphatic heterocycles. The summed E-state index contributed by atoms with van der Waals surface area (Å²) in [6, 6.07) is 1.77. The van der Waals surface area contributed by atoms with E-state index >= 15 is 0 Å². The van der Waals surface area contributed by atoms with Crippen molar-refractivity contribution in [3.8, 4) is 0 Å². The van der Waals surface area contributed by atoms with Crippen LogP contribution < -0.4 is 5.32 Å². The van der Waals surface area contributed by atoms with E-state index in [9.17, 15) is 9.59 Å². The molecule has 1 fully saturated rings. The number of nitrogens with zero attached hydrogens (tertiary/aromatic N) is 3. The second-order valence-corrected chi connectivity index (χ2v) is 6.10. The molecule has 0 aromatic carbocycles. The number of nitrogens with one attached hydrogen (secondary N) is 1. The maximum atomic E-state index is 12.6. The van der Waals surface area contributed by atoms with Crippen LogP contribution in [0.3, 0.4) is 0 Å². The van der Waals surface area contributed by atoms with E-state index in [1.54, 1.807) is 16.8 Å². The number of Topliss-reactive ketones (excluding diaryl/α,β-unsaturated/α-hetero) is 1. The standard InChI is InChI=1S/C16H24N4O2.C2H6/c1-18-9-3-13-15(18)14(21)4-10-20(16(13)22)8-2-7-19-11-5-17-6-12-19;1-2/h3,9,17H,2,4-8,10-12H2,1H3;1-2H3. The maximum absolute atomic E-state index is 12.6. The second kappa shape index (κ2) is 8.99. The first-order chi connectivity index (χ1) is 11.7. The summed E-state index contributed by atoms with van der Waals surface area (Å²) in [6.07, 6.45) is 3.18. The van der Waals surface area contributed by atoms with Crippen LogP contribution in [-0.2, 0) is 7.05 Å². The van der Waals surface area contributed by atoms with Crippen LogP contribution in [0.2, 0.25) is 0 Å². The number of hydrogen-bond donors (Lipinski definition) is 1. The number of hydrogen-bond acceptors (Lipinski definition) is 4. The number of aryl methyl sites for hydroxylation is 1. The first-order valence-electron chi connectivity index (χ1n) is 9.07. The molecule has 1 aromatic rings. The van der Waals surface area contributed by atoms with Gasteiger partial charge in [-0.2, -0.15) is 0 Å². The Morgan fingerprint density at radius 1 is 1.08 bits per heavy atom. The lowest BCUT2D eigenvalue weighted by molar-refractivity contribution is 0.0749. The molecule has 0 radical (unpaired) electrons. The quantitative estimate of drug-likeness (QED) is 0.904. The Labute approximate surface area is 144 Å². The molecular formula is C18H30N4O2. The van der Waals surface area contributed by atoms with Crippen LogP contribution in [0.15, 0.2) is 12.3 Å². The number of carbonyl (C=O) groups excluding carboxylic acids is 2. The molecule has 0 spiro atoms. The Hall–Kier alpha value is -1.66. The lowest BCUT2D eigenvalue weighted by Crippen LogP contribution is -2.44.